The van der Waals surface area contributed by atoms with E-state index >= 15 is 0 Å². The van der Waals surface area contributed by atoms with Gasteiger partial charge in [0.25, 0.3) is 0 Å². The van der Waals surface area contributed by atoms with E-state index in [0.29, 0.717) is 0 Å². The zero-order chi connectivity index (χ0) is 11.3. The van der Waals surface area contributed by atoms with Crippen molar-refractivity contribution in [3.8, 4) is 0 Å². The number of piperidine rings is 1. The molecule has 6 heteroatoms. The van der Waals surface area contributed by atoms with Crippen molar-refractivity contribution in [2.45, 2.75) is 24.9 Å². The molecule has 2 N–H and O–H groups in total. The van der Waals surface area contributed by atoms with Crippen molar-refractivity contribution >= 4 is 12.1 Å². The van der Waals surface area contributed by atoms with Crippen LogP contribution in [0, 0.1) is 0 Å². The number of nitrogens with one attached hydrogen (secondary N) is 2. The molecule has 0 saturated carbocycles. The summed E-state index contributed by atoms with van der Waals surface area (Å²) in [5.41, 5.74) is 0. The number of rotatable bonds is 2. The molecule has 1 aliphatic rings. The van der Waals surface area contributed by atoms with Gasteiger partial charge in [-0.05, 0) is 19.4 Å². The van der Waals surface area contributed by atoms with Crippen LogP contribution in [0.3, 0.4) is 0 Å². The zero-order valence-electron chi connectivity index (χ0n) is 8.91. The maximum absolute atomic E-state index is 11.4. The van der Waals surface area contributed by atoms with Crippen LogP contribution in [-0.4, -0.2) is 44.9 Å². The molecule has 0 aromatic heterocycles. The number of carbonyl (C=O) groups is 2. The fourth-order valence-corrected chi connectivity index (χ4v) is 1.63. The van der Waals surface area contributed by atoms with Gasteiger partial charge in [-0.25, -0.2) is 4.79 Å². The van der Waals surface area contributed by atoms with Gasteiger partial charge in [0.05, 0.1) is 20.3 Å². The maximum atomic E-state index is 11.4. The third-order valence-electron chi connectivity index (χ3n) is 2.40. The molecule has 2 atom stereocenters. The first kappa shape index (κ1) is 11.8. The lowest BCUT2D eigenvalue weighted by atomic mass is 9.99. The van der Waals surface area contributed by atoms with Crippen LogP contribution in [0.2, 0.25) is 0 Å². The van der Waals surface area contributed by atoms with E-state index in [1.54, 1.807) is 0 Å². The van der Waals surface area contributed by atoms with Crippen LogP contribution < -0.4 is 10.6 Å². The molecule has 2 unspecified atom stereocenters. The Labute approximate surface area is 88.3 Å². The van der Waals surface area contributed by atoms with Crippen LogP contribution in [0.4, 0.5) is 4.79 Å². The van der Waals surface area contributed by atoms with E-state index in [1.807, 2.05) is 0 Å². The summed E-state index contributed by atoms with van der Waals surface area (Å²) in [5, 5.41) is 5.61. The highest BCUT2D eigenvalue weighted by molar-refractivity contribution is 5.78. The van der Waals surface area contributed by atoms with Gasteiger partial charge in [0.1, 0.15) is 6.04 Å². The topological polar surface area (TPSA) is 76.7 Å². The van der Waals surface area contributed by atoms with Gasteiger partial charge in [-0.2, -0.15) is 0 Å². The number of amides is 1. The average Bonchev–Trinajstić information content (AvgIpc) is 2.28. The Morgan fingerprint density at radius 1 is 1.33 bits per heavy atom. The van der Waals surface area contributed by atoms with Crippen LogP contribution in [0.5, 0.6) is 0 Å². The summed E-state index contributed by atoms with van der Waals surface area (Å²) in [7, 11) is 2.62. The minimum atomic E-state index is -0.530. The molecule has 1 heterocycles. The van der Waals surface area contributed by atoms with E-state index in [0.717, 1.165) is 19.4 Å². The summed E-state index contributed by atoms with van der Waals surface area (Å²) in [4.78, 5) is 22.4. The average molecular weight is 216 g/mol. The second-order valence-corrected chi connectivity index (χ2v) is 3.34. The summed E-state index contributed by atoms with van der Waals surface area (Å²) >= 11 is 0. The van der Waals surface area contributed by atoms with Crippen LogP contribution in [0.15, 0.2) is 0 Å². The second-order valence-electron chi connectivity index (χ2n) is 3.34. The monoisotopic (exact) mass is 216 g/mol. The Kier molecular flexibility index (Phi) is 4.36. The lowest BCUT2D eigenvalue weighted by Crippen LogP contribution is -2.57. The Morgan fingerprint density at radius 3 is 2.67 bits per heavy atom. The van der Waals surface area contributed by atoms with Crippen molar-refractivity contribution in [1.29, 1.82) is 0 Å². The molecule has 6 nitrogen and oxygen atoms in total. The van der Waals surface area contributed by atoms with Crippen molar-refractivity contribution in [2.75, 3.05) is 20.8 Å². The number of esters is 1. The summed E-state index contributed by atoms with van der Waals surface area (Å²) in [5.74, 6) is -0.365. The van der Waals surface area contributed by atoms with Crippen molar-refractivity contribution in [3.63, 3.8) is 0 Å². The molecular formula is C9H16N2O4. The van der Waals surface area contributed by atoms with Crippen LogP contribution in [0.25, 0.3) is 0 Å². The third-order valence-corrected chi connectivity index (χ3v) is 2.40. The van der Waals surface area contributed by atoms with Crippen molar-refractivity contribution in [3.05, 3.63) is 0 Å². The summed E-state index contributed by atoms with van der Waals surface area (Å²) < 4.78 is 9.13. The number of hydrogen-bond acceptors (Lipinski definition) is 5. The quantitative estimate of drug-likeness (QED) is 0.616. The van der Waals surface area contributed by atoms with Crippen molar-refractivity contribution in [1.82, 2.24) is 10.6 Å². The van der Waals surface area contributed by atoms with Crippen LogP contribution in [-0.2, 0) is 14.3 Å². The summed E-state index contributed by atoms with van der Waals surface area (Å²) in [6.07, 6.45) is 1.11. The fourth-order valence-electron chi connectivity index (χ4n) is 1.63. The Bertz CT molecular complexity index is 244. The SMILES string of the molecule is COC(=O)NC1CCCNC1C(=O)OC. The predicted octanol–water partition coefficient (Wildman–Crippen LogP) is -0.364. The molecule has 0 bridgehead atoms. The molecule has 0 aromatic carbocycles. The summed E-state index contributed by atoms with van der Waals surface area (Å²) in [6, 6.07) is -0.749. The molecule has 1 fully saturated rings. The van der Waals surface area contributed by atoms with Gasteiger partial charge < -0.3 is 20.1 Å². The first-order valence-corrected chi connectivity index (χ1v) is 4.84. The Balaban J connectivity index is 2.57. The van der Waals surface area contributed by atoms with E-state index in [1.165, 1.54) is 14.2 Å². The van der Waals surface area contributed by atoms with E-state index in [9.17, 15) is 9.59 Å². The van der Waals surface area contributed by atoms with Gasteiger partial charge in [-0.3, -0.25) is 4.79 Å². The normalized spacial score (nSPS) is 25.5. The first-order chi connectivity index (χ1) is 7.19. The molecule has 0 aliphatic carbocycles. The molecular weight excluding hydrogens is 200 g/mol. The highest BCUT2D eigenvalue weighted by Crippen LogP contribution is 2.10. The molecule has 1 rings (SSSR count). The Morgan fingerprint density at radius 2 is 2.07 bits per heavy atom. The van der Waals surface area contributed by atoms with Gasteiger partial charge in [0.2, 0.25) is 0 Å². The lowest BCUT2D eigenvalue weighted by Gasteiger charge is -2.30. The molecule has 86 valence electrons. The molecule has 0 aromatic rings. The fraction of sp³-hybridized carbons (Fsp3) is 0.778. The third kappa shape index (κ3) is 3.09. The molecule has 1 amide bonds. The number of hydrogen-bond donors (Lipinski definition) is 2. The minimum Gasteiger partial charge on any atom is -0.468 e. The van der Waals surface area contributed by atoms with E-state index < -0.39 is 12.1 Å². The molecule has 0 radical (unpaired) electrons. The highest BCUT2D eigenvalue weighted by Gasteiger charge is 2.32. The smallest absolute Gasteiger partial charge is 0.407 e. The van der Waals surface area contributed by atoms with Crippen molar-refractivity contribution < 1.29 is 19.1 Å². The minimum absolute atomic E-state index is 0.265. The summed E-state index contributed by atoms with van der Waals surface area (Å²) in [6.45, 7) is 0.749. The Hall–Kier alpha value is -1.30. The number of methoxy groups -OCH3 is 2. The maximum Gasteiger partial charge on any atom is 0.407 e. The van der Waals surface area contributed by atoms with Crippen LogP contribution >= 0.6 is 0 Å². The van der Waals surface area contributed by atoms with Gasteiger partial charge in [-0.1, -0.05) is 0 Å². The largest absolute Gasteiger partial charge is 0.468 e. The van der Waals surface area contributed by atoms with Crippen molar-refractivity contribution in [2.24, 2.45) is 0 Å². The lowest BCUT2D eigenvalue weighted by molar-refractivity contribution is -0.144. The van der Waals surface area contributed by atoms with E-state index in [4.69, 9.17) is 0 Å². The number of ether oxygens (including phenoxy) is 2. The first-order valence-electron chi connectivity index (χ1n) is 4.84. The zero-order valence-corrected chi connectivity index (χ0v) is 8.91. The van der Waals surface area contributed by atoms with E-state index in [-0.39, 0.29) is 12.0 Å². The second kappa shape index (κ2) is 5.55. The molecule has 0 spiro atoms. The standard InChI is InChI=1S/C9H16N2O4/c1-14-8(12)7-6(4-3-5-10-7)11-9(13)15-2/h6-7,10H,3-5H2,1-2H3,(H,11,13). The van der Waals surface area contributed by atoms with Gasteiger partial charge in [-0.15, -0.1) is 0 Å². The van der Waals surface area contributed by atoms with Gasteiger partial charge in [0, 0.05) is 0 Å². The molecule has 1 aliphatic heterocycles. The number of carbonyl (C=O) groups excluding carboxylic acids is 2. The van der Waals surface area contributed by atoms with Crippen LogP contribution in [0.1, 0.15) is 12.8 Å². The molecule has 15 heavy (non-hydrogen) atoms. The van der Waals surface area contributed by atoms with Gasteiger partial charge in [0.15, 0.2) is 0 Å². The van der Waals surface area contributed by atoms with E-state index in [2.05, 4.69) is 20.1 Å². The van der Waals surface area contributed by atoms with Gasteiger partial charge >= 0.3 is 12.1 Å². The highest BCUT2D eigenvalue weighted by atomic mass is 16.5. The predicted molar refractivity (Wildman–Crippen MR) is 52.4 cm³/mol. The molecule has 1 saturated heterocycles. The number of alkyl carbamates (subject to hydrolysis) is 1.